The second kappa shape index (κ2) is 5.63. The van der Waals surface area contributed by atoms with Crippen LogP contribution in [0.1, 0.15) is 5.69 Å². The van der Waals surface area contributed by atoms with E-state index in [2.05, 4.69) is 10.2 Å². The molecule has 0 radical (unpaired) electrons. The predicted octanol–water partition coefficient (Wildman–Crippen LogP) is 0.229. The van der Waals surface area contributed by atoms with Gasteiger partial charge in [0, 0.05) is 20.7 Å². The summed E-state index contributed by atoms with van der Waals surface area (Å²) in [6.07, 6.45) is -0.511. The SMILES string of the molecule is COCC(O)CN(C)c1ccc(C)nn1. The molecule has 1 aromatic heterocycles. The van der Waals surface area contributed by atoms with Crippen LogP contribution in [0.3, 0.4) is 0 Å². The minimum absolute atomic E-state index is 0.323. The van der Waals surface area contributed by atoms with E-state index in [0.717, 1.165) is 11.5 Å². The Bertz CT molecular complexity index is 289. The first-order valence-electron chi connectivity index (χ1n) is 4.82. The van der Waals surface area contributed by atoms with Crippen molar-refractivity contribution < 1.29 is 9.84 Å². The van der Waals surface area contributed by atoms with Crippen LogP contribution in [0, 0.1) is 6.92 Å². The van der Waals surface area contributed by atoms with E-state index < -0.39 is 6.10 Å². The Morgan fingerprint density at radius 2 is 2.20 bits per heavy atom. The van der Waals surface area contributed by atoms with Crippen molar-refractivity contribution in [2.75, 3.05) is 32.2 Å². The van der Waals surface area contributed by atoms with E-state index in [1.807, 2.05) is 31.0 Å². The zero-order valence-corrected chi connectivity index (χ0v) is 9.34. The molecule has 0 aliphatic carbocycles. The number of likely N-dealkylation sites (N-methyl/N-ethyl adjacent to an activating group) is 1. The molecule has 0 aliphatic rings. The molecular formula is C10H17N3O2. The second-order valence-corrected chi connectivity index (χ2v) is 3.52. The minimum Gasteiger partial charge on any atom is -0.389 e. The summed E-state index contributed by atoms with van der Waals surface area (Å²) in [6.45, 7) is 2.69. The molecule has 1 heterocycles. The Morgan fingerprint density at radius 3 is 2.73 bits per heavy atom. The molecular weight excluding hydrogens is 194 g/mol. The molecule has 5 nitrogen and oxygen atoms in total. The lowest BCUT2D eigenvalue weighted by atomic mass is 10.3. The number of hydrogen-bond acceptors (Lipinski definition) is 5. The van der Waals surface area contributed by atoms with Gasteiger partial charge in [-0.3, -0.25) is 0 Å². The molecule has 0 bridgehead atoms. The maximum Gasteiger partial charge on any atom is 0.151 e. The van der Waals surface area contributed by atoms with Crippen LogP contribution >= 0.6 is 0 Å². The van der Waals surface area contributed by atoms with Gasteiger partial charge in [-0.1, -0.05) is 0 Å². The number of aliphatic hydroxyl groups excluding tert-OH is 1. The highest BCUT2D eigenvalue weighted by Gasteiger charge is 2.09. The summed E-state index contributed by atoms with van der Waals surface area (Å²) in [5.41, 5.74) is 0.879. The number of anilines is 1. The first-order chi connectivity index (χ1) is 7.13. The lowest BCUT2D eigenvalue weighted by molar-refractivity contribution is 0.0694. The maximum absolute atomic E-state index is 9.52. The Morgan fingerprint density at radius 1 is 1.47 bits per heavy atom. The lowest BCUT2D eigenvalue weighted by Gasteiger charge is -2.20. The van der Waals surface area contributed by atoms with Gasteiger partial charge in [-0.15, -0.1) is 5.10 Å². The smallest absolute Gasteiger partial charge is 0.151 e. The molecule has 0 amide bonds. The lowest BCUT2D eigenvalue weighted by Crippen LogP contribution is -2.32. The molecule has 1 N–H and O–H groups in total. The van der Waals surface area contributed by atoms with Crippen LogP contribution in [-0.2, 0) is 4.74 Å². The maximum atomic E-state index is 9.52. The topological polar surface area (TPSA) is 58.5 Å². The van der Waals surface area contributed by atoms with Crippen LogP contribution in [0.5, 0.6) is 0 Å². The zero-order valence-electron chi connectivity index (χ0n) is 9.34. The quantitative estimate of drug-likeness (QED) is 0.755. The summed E-state index contributed by atoms with van der Waals surface area (Å²) in [6, 6.07) is 3.77. The minimum atomic E-state index is -0.511. The fraction of sp³-hybridized carbons (Fsp3) is 0.600. The Kier molecular flexibility index (Phi) is 4.45. The van der Waals surface area contributed by atoms with Gasteiger partial charge >= 0.3 is 0 Å². The number of nitrogens with zero attached hydrogens (tertiary/aromatic N) is 3. The molecule has 84 valence electrons. The van der Waals surface area contributed by atoms with Crippen molar-refractivity contribution >= 4 is 5.82 Å². The summed E-state index contributed by atoms with van der Waals surface area (Å²) in [5, 5.41) is 17.5. The summed E-state index contributed by atoms with van der Waals surface area (Å²) in [5.74, 6) is 0.746. The average molecular weight is 211 g/mol. The highest BCUT2D eigenvalue weighted by molar-refractivity contribution is 5.36. The van der Waals surface area contributed by atoms with Crippen LogP contribution in [-0.4, -0.2) is 48.7 Å². The van der Waals surface area contributed by atoms with Crippen molar-refractivity contribution in [1.82, 2.24) is 10.2 Å². The molecule has 1 rings (SSSR count). The van der Waals surface area contributed by atoms with Gasteiger partial charge in [-0.05, 0) is 19.1 Å². The van der Waals surface area contributed by atoms with Crippen molar-refractivity contribution in [2.45, 2.75) is 13.0 Å². The van der Waals surface area contributed by atoms with Crippen LogP contribution in [0.4, 0.5) is 5.82 Å². The first-order valence-corrected chi connectivity index (χ1v) is 4.82. The molecule has 5 heteroatoms. The molecule has 0 fully saturated rings. The van der Waals surface area contributed by atoms with Crippen molar-refractivity contribution in [3.05, 3.63) is 17.8 Å². The van der Waals surface area contributed by atoms with Crippen LogP contribution < -0.4 is 4.90 Å². The molecule has 15 heavy (non-hydrogen) atoms. The summed E-state index contributed by atoms with van der Waals surface area (Å²) >= 11 is 0. The number of aromatic nitrogens is 2. The first kappa shape index (κ1) is 11.9. The average Bonchev–Trinajstić information content (AvgIpc) is 2.18. The Labute approximate surface area is 89.7 Å². The third-order valence-electron chi connectivity index (χ3n) is 2.02. The van der Waals surface area contributed by atoms with Crippen molar-refractivity contribution in [3.8, 4) is 0 Å². The fourth-order valence-electron chi connectivity index (χ4n) is 1.25. The van der Waals surface area contributed by atoms with E-state index in [-0.39, 0.29) is 0 Å². The number of ether oxygens (including phenoxy) is 1. The van der Waals surface area contributed by atoms with Gasteiger partial charge in [0.2, 0.25) is 0 Å². The third-order valence-corrected chi connectivity index (χ3v) is 2.02. The molecule has 0 spiro atoms. The number of rotatable bonds is 5. The van der Waals surface area contributed by atoms with Gasteiger partial charge in [0.1, 0.15) is 0 Å². The third kappa shape index (κ3) is 3.81. The van der Waals surface area contributed by atoms with Crippen molar-refractivity contribution in [1.29, 1.82) is 0 Å². The summed E-state index contributed by atoms with van der Waals surface area (Å²) in [7, 11) is 3.42. The molecule has 0 saturated carbocycles. The molecule has 1 unspecified atom stereocenters. The van der Waals surface area contributed by atoms with Crippen molar-refractivity contribution in [3.63, 3.8) is 0 Å². The molecule has 0 aromatic carbocycles. The van der Waals surface area contributed by atoms with Gasteiger partial charge in [0.05, 0.1) is 18.4 Å². The zero-order chi connectivity index (χ0) is 11.3. The second-order valence-electron chi connectivity index (χ2n) is 3.52. The molecule has 1 atom stereocenters. The standard InChI is InChI=1S/C10H17N3O2/c1-8-4-5-10(12-11-8)13(2)6-9(14)7-15-3/h4-5,9,14H,6-7H2,1-3H3. The fourth-order valence-corrected chi connectivity index (χ4v) is 1.25. The highest BCUT2D eigenvalue weighted by Crippen LogP contribution is 2.07. The molecule has 0 saturated heterocycles. The van der Waals surface area contributed by atoms with Gasteiger partial charge in [0.25, 0.3) is 0 Å². The van der Waals surface area contributed by atoms with E-state index in [0.29, 0.717) is 13.2 Å². The molecule has 1 aromatic rings. The molecule has 0 aliphatic heterocycles. The van der Waals surface area contributed by atoms with Crippen LogP contribution in [0.15, 0.2) is 12.1 Å². The number of methoxy groups -OCH3 is 1. The van der Waals surface area contributed by atoms with E-state index in [1.165, 1.54) is 0 Å². The highest BCUT2D eigenvalue weighted by atomic mass is 16.5. The Hall–Kier alpha value is -1.20. The summed E-state index contributed by atoms with van der Waals surface area (Å²) < 4.78 is 4.85. The number of aliphatic hydroxyl groups is 1. The normalized spacial score (nSPS) is 12.5. The van der Waals surface area contributed by atoms with Crippen LogP contribution in [0.25, 0.3) is 0 Å². The van der Waals surface area contributed by atoms with E-state index in [1.54, 1.807) is 7.11 Å². The monoisotopic (exact) mass is 211 g/mol. The van der Waals surface area contributed by atoms with Gasteiger partial charge in [0.15, 0.2) is 5.82 Å². The van der Waals surface area contributed by atoms with Gasteiger partial charge in [-0.2, -0.15) is 5.10 Å². The number of hydrogen-bond donors (Lipinski definition) is 1. The predicted molar refractivity (Wildman–Crippen MR) is 57.9 cm³/mol. The summed E-state index contributed by atoms with van der Waals surface area (Å²) in [4.78, 5) is 1.84. The van der Waals surface area contributed by atoms with E-state index in [4.69, 9.17) is 4.74 Å². The van der Waals surface area contributed by atoms with Crippen LogP contribution in [0.2, 0.25) is 0 Å². The van der Waals surface area contributed by atoms with Gasteiger partial charge < -0.3 is 14.7 Å². The van der Waals surface area contributed by atoms with Gasteiger partial charge in [-0.25, -0.2) is 0 Å². The van der Waals surface area contributed by atoms with E-state index >= 15 is 0 Å². The Balaban J connectivity index is 2.53. The number of aryl methyl sites for hydroxylation is 1. The van der Waals surface area contributed by atoms with E-state index in [9.17, 15) is 5.11 Å². The largest absolute Gasteiger partial charge is 0.389 e. The van der Waals surface area contributed by atoms with Crippen molar-refractivity contribution in [2.24, 2.45) is 0 Å².